The minimum absolute atomic E-state index is 0.0281. The molecule has 13 heavy (non-hydrogen) atoms. The Labute approximate surface area is 74.8 Å². The van der Waals surface area contributed by atoms with Crippen LogP contribution in [0.4, 0.5) is 8.78 Å². The zero-order valence-corrected chi connectivity index (χ0v) is 7.18. The number of methoxy groups -OCH3 is 1. The maximum absolute atomic E-state index is 13.1. The Kier molecular flexibility index (Phi) is 3.19. The molecule has 0 heterocycles. The van der Waals surface area contributed by atoms with Crippen molar-refractivity contribution in [1.82, 2.24) is 0 Å². The Morgan fingerprint density at radius 2 is 2.15 bits per heavy atom. The molecule has 0 spiro atoms. The van der Waals surface area contributed by atoms with Crippen molar-refractivity contribution in [3.63, 3.8) is 0 Å². The minimum atomic E-state index is -0.756. The van der Waals surface area contributed by atoms with E-state index in [2.05, 4.69) is 0 Å². The second-order valence-corrected chi connectivity index (χ2v) is 2.56. The highest BCUT2D eigenvalue weighted by Gasteiger charge is 2.10. The van der Waals surface area contributed by atoms with Crippen molar-refractivity contribution in [2.75, 3.05) is 7.11 Å². The summed E-state index contributed by atoms with van der Waals surface area (Å²) < 4.78 is 30.0. The van der Waals surface area contributed by atoms with Gasteiger partial charge in [0.25, 0.3) is 0 Å². The van der Waals surface area contributed by atoms with Crippen LogP contribution in [0.15, 0.2) is 12.1 Å². The standard InChI is InChI=1S/C9H10F2O2/c1-13-9-7(5-12)2-6(4-10)3-8(9)11/h2-3,12H,4-5H2,1H3. The molecule has 0 saturated carbocycles. The summed E-state index contributed by atoms with van der Waals surface area (Å²) in [4.78, 5) is 0. The number of aliphatic hydroxyl groups is 1. The third kappa shape index (κ3) is 1.95. The molecule has 4 heteroatoms. The molecule has 0 aromatic heterocycles. The second kappa shape index (κ2) is 4.18. The molecule has 1 N–H and O–H groups in total. The van der Waals surface area contributed by atoms with Crippen molar-refractivity contribution < 1.29 is 18.6 Å². The van der Waals surface area contributed by atoms with Crippen LogP contribution in [-0.4, -0.2) is 12.2 Å². The molecule has 1 aromatic carbocycles. The van der Waals surface area contributed by atoms with Gasteiger partial charge >= 0.3 is 0 Å². The highest BCUT2D eigenvalue weighted by Crippen LogP contribution is 2.24. The van der Waals surface area contributed by atoms with Crippen molar-refractivity contribution in [2.24, 2.45) is 0 Å². The summed E-state index contributed by atoms with van der Waals surface area (Å²) in [7, 11) is 1.30. The zero-order chi connectivity index (χ0) is 9.84. The molecular weight excluding hydrogens is 178 g/mol. The molecule has 0 bridgehead atoms. The van der Waals surface area contributed by atoms with E-state index in [1.807, 2.05) is 0 Å². The Balaban J connectivity index is 3.20. The lowest BCUT2D eigenvalue weighted by molar-refractivity contribution is 0.270. The number of rotatable bonds is 3. The zero-order valence-electron chi connectivity index (χ0n) is 7.18. The van der Waals surface area contributed by atoms with E-state index in [0.29, 0.717) is 0 Å². The van der Waals surface area contributed by atoms with E-state index in [1.165, 1.54) is 13.2 Å². The van der Waals surface area contributed by atoms with Gasteiger partial charge in [0.2, 0.25) is 0 Å². The highest BCUT2D eigenvalue weighted by atomic mass is 19.1. The van der Waals surface area contributed by atoms with Crippen molar-refractivity contribution in [3.8, 4) is 5.75 Å². The molecule has 72 valence electrons. The van der Waals surface area contributed by atoms with Gasteiger partial charge in [0.05, 0.1) is 13.7 Å². The number of ether oxygens (including phenoxy) is 1. The molecule has 0 unspecified atom stereocenters. The summed E-state index contributed by atoms with van der Waals surface area (Å²) in [5.41, 5.74) is 0.456. The maximum Gasteiger partial charge on any atom is 0.165 e. The van der Waals surface area contributed by atoms with Crippen LogP contribution in [0.3, 0.4) is 0 Å². The summed E-state index contributed by atoms with van der Waals surface area (Å²) in [5, 5.41) is 8.82. The predicted molar refractivity (Wildman–Crippen MR) is 43.7 cm³/mol. The molecule has 0 aliphatic rings. The van der Waals surface area contributed by atoms with Crippen molar-refractivity contribution in [2.45, 2.75) is 13.3 Å². The largest absolute Gasteiger partial charge is 0.493 e. The molecule has 0 amide bonds. The fraction of sp³-hybridized carbons (Fsp3) is 0.333. The number of hydrogen-bond donors (Lipinski definition) is 1. The molecule has 1 aromatic rings. The summed E-state index contributed by atoms with van der Waals surface area (Å²) in [6.45, 7) is -1.12. The minimum Gasteiger partial charge on any atom is -0.493 e. The number of halogens is 2. The first kappa shape index (κ1) is 9.92. The average Bonchev–Trinajstić information content (AvgIpc) is 2.16. The lowest BCUT2D eigenvalue weighted by Gasteiger charge is -2.08. The molecule has 0 radical (unpaired) electrons. The van der Waals surface area contributed by atoms with Gasteiger partial charge in [-0.05, 0) is 17.7 Å². The first-order valence-electron chi connectivity index (χ1n) is 3.75. The number of aliphatic hydroxyl groups excluding tert-OH is 1. The molecule has 0 aliphatic carbocycles. The predicted octanol–water partition coefficient (Wildman–Crippen LogP) is 1.80. The van der Waals surface area contributed by atoms with Crippen LogP contribution in [0.1, 0.15) is 11.1 Å². The normalized spacial score (nSPS) is 10.2. The fourth-order valence-corrected chi connectivity index (χ4v) is 1.14. The monoisotopic (exact) mass is 188 g/mol. The van der Waals surface area contributed by atoms with E-state index < -0.39 is 12.5 Å². The van der Waals surface area contributed by atoms with Gasteiger partial charge < -0.3 is 9.84 Å². The molecule has 0 saturated heterocycles. The van der Waals surface area contributed by atoms with E-state index in [-0.39, 0.29) is 23.5 Å². The number of benzene rings is 1. The van der Waals surface area contributed by atoms with E-state index in [4.69, 9.17) is 9.84 Å². The number of alkyl halides is 1. The molecule has 0 fully saturated rings. The SMILES string of the molecule is COc1c(F)cc(CF)cc1CO. The maximum atomic E-state index is 13.1. The van der Waals surface area contributed by atoms with E-state index in [0.717, 1.165) is 6.07 Å². The summed E-state index contributed by atoms with van der Waals surface area (Å²) in [6.07, 6.45) is 0. The van der Waals surface area contributed by atoms with Crippen LogP contribution < -0.4 is 4.74 Å². The average molecular weight is 188 g/mol. The van der Waals surface area contributed by atoms with Crippen LogP contribution in [0.5, 0.6) is 5.75 Å². The quantitative estimate of drug-likeness (QED) is 0.783. The fourth-order valence-electron chi connectivity index (χ4n) is 1.14. The topological polar surface area (TPSA) is 29.5 Å². The first-order chi connectivity index (χ1) is 6.22. The lowest BCUT2D eigenvalue weighted by atomic mass is 10.1. The van der Waals surface area contributed by atoms with E-state index in [1.54, 1.807) is 0 Å². The summed E-state index contributed by atoms with van der Waals surface area (Å²) >= 11 is 0. The van der Waals surface area contributed by atoms with Gasteiger partial charge in [-0.15, -0.1) is 0 Å². The highest BCUT2D eigenvalue weighted by molar-refractivity contribution is 5.38. The van der Waals surface area contributed by atoms with Gasteiger partial charge in [0.1, 0.15) is 6.67 Å². The van der Waals surface area contributed by atoms with E-state index in [9.17, 15) is 8.78 Å². The van der Waals surface area contributed by atoms with E-state index >= 15 is 0 Å². The van der Waals surface area contributed by atoms with Gasteiger partial charge in [-0.25, -0.2) is 8.78 Å². The molecular formula is C9H10F2O2. The van der Waals surface area contributed by atoms with Gasteiger partial charge in [-0.3, -0.25) is 0 Å². The summed E-state index contributed by atoms with van der Waals surface area (Å²) in [5.74, 6) is -0.679. The van der Waals surface area contributed by atoms with Gasteiger partial charge in [-0.2, -0.15) is 0 Å². The van der Waals surface area contributed by atoms with Crippen LogP contribution in [0, 0.1) is 5.82 Å². The Morgan fingerprint density at radius 1 is 1.46 bits per heavy atom. The van der Waals surface area contributed by atoms with Gasteiger partial charge in [0.15, 0.2) is 11.6 Å². The lowest BCUT2D eigenvalue weighted by Crippen LogP contribution is -1.97. The molecule has 1 rings (SSSR count). The summed E-state index contributed by atoms with van der Waals surface area (Å²) in [6, 6.07) is 2.43. The third-order valence-corrected chi connectivity index (χ3v) is 1.71. The molecule has 0 aliphatic heterocycles. The Hall–Kier alpha value is -1.16. The van der Waals surface area contributed by atoms with Gasteiger partial charge in [0, 0.05) is 5.56 Å². The smallest absolute Gasteiger partial charge is 0.165 e. The van der Waals surface area contributed by atoms with Crippen LogP contribution >= 0.6 is 0 Å². The first-order valence-corrected chi connectivity index (χ1v) is 3.75. The second-order valence-electron chi connectivity index (χ2n) is 2.56. The molecule has 2 nitrogen and oxygen atoms in total. The third-order valence-electron chi connectivity index (χ3n) is 1.71. The Bertz CT molecular complexity index is 300. The van der Waals surface area contributed by atoms with Crippen molar-refractivity contribution >= 4 is 0 Å². The Morgan fingerprint density at radius 3 is 2.62 bits per heavy atom. The van der Waals surface area contributed by atoms with Crippen LogP contribution in [0.2, 0.25) is 0 Å². The van der Waals surface area contributed by atoms with Crippen LogP contribution in [0.25, 0.3) is 0 Å². The van der Waals surface area contributed by atoms with Crippen LogP contribution in [-0.2, 0) is 13.3 Å². The number of hydrogen-bond acceptors (Lipinski definition) is 2. The molecule has 0 atom stereocenters. The van der Waals surface area contributed by atoms with Gasteiger partial charge in [-0.1, -0.05) is 0 Å². The van der Waals surface area contributed by atoms with Crippen molar-refractivity contribution in [1.29, 1.82) is 0 Å². The van der Waals surface area contributed by atoms with Crippen molar-refractivity contribution in [3.05, 3.63) is 29.1 Å².